The predicted octanol–water partition coefficient (Wildman–Crippen LogP) is 2.62. The highest BCUT2D eigenvalue weighted by Crippen LogP contribution is 2.26. The van der Waals surface area contributed by atoms with Gasteiger partial charge in [0.05, 0.1) is 18.2 Å². The first-order chi connectivity index (χ1) is 13.8. The zero-order chi connectivity index (χ0) is 19.3. The molecule has 1 unspecified atom stereocenters. The molecule has 1 saturated heterocycles. The third kappa shape index (κ3) is 3.90. The zero-order valence-electron chi connectivity index (χ0n) is 16.3. The van der Waals surface area contributed by atoms with Gasteiger partial charge in [0.25, 0.3) is 0 Å². The molecule has 0 amide bonds. The van der Waals surface area contributed by atoms with Crippen molar-refractivity contribution in [2.24, 2.45) is 0 Å². The monoisotopic (exact) mass is 378 g/mol. The average Bonchev–Trinajstić information content (AvgIpc) is 3.28. The van der Waals surface area contributed by atoms with Crippen LogP contribution in [0.2, 0.25) is 0 Å². The molecule has 2 atom stereocenters. The van der Waals surface area contributed by atoms with Gasteiger partial charge in [-0.2, -0.15) is 0 Å². The van der Waals surface area contributed by atoms with Crippen LogP contribution in [0, 0.1) is 0 Å². The zero-order valence-corrected chi connectivity index (χ0v) is 16.3. The number of nitrogens with zero attached hydrogens (tertiary/aromatic N) is 4. The highest BCUT2D eigenvalue weighted by atomic mass is 16.5. The smallest absolute Gasteiger partial charge is 0.156 e. The van der Waals surface area contributed by atoms with Crippen LogP contribution in [0.1, 0.15) is 18.0 Å². The summed E-state index contributed by atoms with van der Waals surface area (Å²) in [5.41, 5.74) is 2.74. The van der Waals surface area contributed by atoms with Crippen LogP contribution >= 0.6 is 0 Å². The van der Waals surface area contributed by atoms with Crippen LogP contribution in [0.5, 0.6) is 0 Å². The lowest BCUT2D eigenvalue weighted by Crippen LogP contribution is -2.33. The molecule has 1 fully saturated rings. The first-order valence-electron chi connectivity index (χ1n) is 9.62. The SMILES string of the molecule is COCC(Nc1ncnc2ccc(N(C)[C@H]3CCNC3)nc12)c1ccccc1. The summed E-state index contributed by atoms with van der Waals surface area (Å²) in [6.07, 6.45) is 2.70. The number of aromatic nitrogens is 3. The molecule has 1 aliphatic heterocycles. The van der Waals surface area contributed by atoms with Crippen LogP contribution in [0.4, 0.5) is 11.6 Å². The number of hydrogen-bond acceptors (Lipinski definition) is 7. The Morgan fingerprint density at radius 2 is 2.07 bits per heavy atom. The molecular weight excluding hydrogens is 352 g/mol. The number of anilines is 2. The van der Waals surface area contributed by atoms with Gasteiger partial charge in [-0.3, -0.25) is 0 Å². The molecular formula is C21H26N6O. The number of hydrogen-bond donors (Lipinski definition) is 2. The number of likely N-dealkylation sites (N-methyl/N-ethyl adjacent to an activating group) is 1. The highest BCUT2D eigenvalue weighted by molar-refractivity contribution is 5.86. The molecule has 1 aromatic carbocycles. The minimum Gasteiger partial charge on any atom is -0.382 e. The first kappa shape index (κ1) is 18.6. The van der Waals surface area contributed by atoms with Crippen molar-refractivity contribution in [3.63, 3.8) is 0 Å². The van der Waals surface area contributed by atoms with Crippen molar-refractivity contribution in [3.05, 3.63) is 54.4 Å². The molecule has 3 aromatic rings. The van der Waals surface area contributed by atoms with Gasteiger partial charge in [-0.15, -0.1) is 0 Å². The van der Waals surface area contributed by atoms with E-state index in [1.165, 1.54) is 0 Å². The maximum atomic E-state index is 5.43. The molecule has 146 valence electrons. The Balaban J connectivity index is 1.66. The summed E-state index contributed by atoms with van der Waals surface area (Å²) in [6, 6.07) is 14.7. The van der Waals surface area contributed by atoms with E-state index in [1.807, 2.05) is 30.3 Å². The van der Waals surface area contributed by atoms with E-state index in [4.69, 9.17) is 9.72 Å². The number of ether oxygens (including phenoxy) is 1. The van der Waals surface area contributed by atoms with E-state index in [0.29, 0.717) is 12.6 Å². The molecule has 2 aromatic heterocycles. The van der Waals surface area contributed by atoms with Gasteiger partial charge in [-0.25, -0.2) is 15.0 Å². The number of benzene rings is 1. The molecule has 0 saturated carbocycles. The van der Waals surface area contributed by atoms with Crippen LogP contribution in [0.15, 0.2) is 48.8 Å². The maximum absolute atomic E-state index is 5.43. The van der Waals surface area contributed by atoms with E-state index in [9.17, 15) is 0 Å². The van der Waals surface area contributed by atoms with Crippen LogP contribution in [0.25, 0.3) is 11.0 Å². The highest BCUT2D eigenvalue weighted by Gasteiger charge is 2.21. The number of rotatable bonds is 7. The normalized spacial score (nSPS) is 17.6. The number of fused-ring (bicyclic) bond motifs is 1. The summed E-state index contributed by atoms with van der Waals surface area (Å²) in [5.74, 6) is 1.65. The van der Waals surface area contributed by atoms with Gasteiger partial charge in [0.15, 0.2) is 5.82 Å². The maximum Gasteiger partial charge on any atom is 0.156 e. The van der Waals surface area contributed by atoms with E-state index in [0.717, 1.165) is 47.7 Å². The fourth-order valence-corrected chi connectivity index (χ4v) is 3.63. The molecule has 4 rings (SSSR count). The van der Waals surface area contributed by atoms with Crippen LogP contribution in [-0.2, 0) is 4.74 Å². The quantitative estimate of drug-likeness (QED) is 0.654. The summed E-state index contributed by atoms with van der Waals surface area (Å²) in [6.45, 7) is 2.56. The summed E-state index contributed by atoms with van der Waals surface area (Å²) < 4.78 is 5.43. The van der Waals surface area contributed by atoms with Crippen molar-refractivity contribution in [3.8, 4) is 0 Å². The minimum absolute atomic E-state index is 0.0217. The third-order valence-electron chi connectivity index (χ3n) is 5.26. The Morgan fingerprint density at radius 1 is 1.21 bits per heavy atom. The van der Waals surface area contributed by atoms with Gasteiger partial charge in [0, 0.05) is 26.7 Å². The molecule has 0 radical (unpaired) electrons. The molecule has 2 N–H and O–H groups in total. The van der Waals surface area contributed by atoms with Gasteiger partial charge in [0.1, 0.15) is 17.7 Å². The lowest BCUT2D eigenvalue weighted by Gasteiger charge is -2.25. The number of nitrogens with one attached hydrogen (secondary N) is 2. The molecule has 1 aliphatic rings. The standard InChI is InChI=1S/C21H26N6O/c1-27(16-10-11-22-12-16)19-9-8-17-20(26-19)21(24-14-23-17)25-18(13-28-2)15-6-4-3-5-7-15/h3-9,14,16,18,22H,10-13H2,1-2H3,(H,23,24,25)/t16-,18?/m0/s1. The Labute approximate surface area is 165 Å². The molecule has 3 heterocycles. The topological polar surface area (TPSA) is 75.2 Å². The summed E-state index contributed by atoms with van der Waals surface area (Å²) in [4.78, 5) is 16.0. The average molecular weight is 378 g/mol. The lowest BCUT2D eigenvalue weighted by molar-refractivity contribution is 0.186. The molecule has 7 heteroatoms. The minimum atomic E-state index is -0.0217. The predicted molar refractivity (Wildman–Crippen MR) is 112 cm³/mol. The second-order valence-corrected chi connectivity index (χ2v) is 7.08. The number of pyridine rings is 1. The molecule has 7 nitrogen and oxygen atoms in total. The van der Waals surface area contributed by atoms with Crippen molar-refractivity contribution < 1.29 is 4.74 Å². The van der Waals surface area contributed by atoms with E-state index in [1.54, 1.807) is 13.4 Å². The second kappa shape index (κ2) is 8.50. The van der Waals surface area contributed by atoms with Crippen LogP contribution in [0.3, 0.4) is 0 Å². The van der Waals surface area contributed by atoms with E-state index < -0.39 is 0 Å². The first-order valence-corrected chi connectivity index (χ1v) is 9.62. The van der Waals surface area contributed by atoms with E-state index >= 15 is 0 Å². The fourth-order valence-electron chi connectivity index (χ4n) is 3.63. The van der Waals surface area contributed by atoms with Crippen LogP contribution in [-0.4, -0.2) is 54.8 Å². The molecule has 0 aliphatic carbocycles. The van der Waals surface area contributed by atoms with Gasteiger partial charge in [-0.1, -0.05) is 30.3 Å². The summed E-state index contributed by atoms with van der Waals surface area (Å²) >= 11 is 0. The third-order valence-corrected chi connectivity index (χ3v) is 5.26. The second-order valence-electron chi connectivity index (χ2n) is 7.08. The van der Waals surface area contributed by atoms with Gasteiger partial charge >= 0.3 is 0 Å². The van der Waals surface area contributed by atoms with Crippen molar-refractivity contribution in [1.29, 1.82) is 0 Å². The van der Waals surface area contributed by atoms with Crippen molar-refractivity contribution in [1.82, 2.24) is 20.3 Å². The van der Waals surface area contributed by atoms with Crippen molar-refractivity contribution >= 4 is 22.7 Å². The van der Waals surface area contributed by atoms with Crippen molar-refractivity contribution in [2.45, 2.75) is 18.5 Å². The number of methoxy groups -OCH3 is 1. The van der Waals surface area contributed by atoms with E-state index in [-0.39, 0.29) is 6.04 Å². The molecule has 0 bridgehead atoms. The Hall–Kier alpha value is -2.77. The van der Waals surface area contributed by atoms with Gasteiger partial charge < -0.3 is 20.3 Å². The van der Waals surface area contributed by atoms with Gasteiger partial charge in [-0.05, 0) is 30.7 Å². The molecule has 0 spiro atoms. The Morgan fingerprint density at radius 3 is 2.82 bits per heavy atom. The summed E-state index contributed by atoms with van der Waals surface area (Å²) in [7, 11) is 3.80. The van der Waals surface area contributed by atoms with Crippen molar-refractivity contribution in [2.75, 3.05) is 44.1 Å². The van der Waals surface area contributed by atoms with Crippen LogP contribution < -0.4 is 15.5 Å². The Bertz CT molecular complexity index is 913. The Kier molecular flexibility index (Phi) is 5.64. The fraction of sp³-hybridized carbons (Fsp3) is 0.381. The largest absolute Gasteiger partial charge is 0.382 e. The van der Waals surface area contributed by atoms with E-state index in [2.05, 4.69) is 44.7 Å². The lowest BCUT2D eigenvalue weighted by atomic mass is 10.1. The van der Waals surface area contributed by atoms with Gasteiger partial charge in [0.2, 0.25) is 0 Å². The molecule has 28 heavy (non-hydrogen) atoms. The summed E-state index contributed by atoms with van der Waals surface area (Å²) in [5, 5.41) is 6.91.